The summed E-state index contributed by atoms with van der Waals surface area (Å²) in [5.41, 5.74) is 0. The molecule has 0 aliphatic carbocycles. The van der Waals surface area contributed by atoms with Gasteiger partial charge in [-0.25, -0.2) is 4.79 Å². The fraction of sp³-hybridized carbons (Fsp3) is 0.900. The summed E-state index contributed by atoms with van der Waals surface area (Å²) in [7, 11) is 0. The van der Waals surface area contributed by atoms with Crippen molar-refractivity contribution in [3.05, 3.63) is 0 Å². The van der Waals surface area contributed by atoms with Crippen LogP contribution in [-0.4, -0.2) is 18.9 Å². The van der Waals surface area contributed by atoms with Gasteiger partial charge in [-0.2, -0.15) is 0 Å². The first-order chi connectivity index (χ1) is 6.06. The quantitative estimate of drug-likeness (QED) is 0.622. The summed E-state index contributed by atoms with van der Waals surface area (Å²) in [4.78, 5) is 10.9. The van der Waals surface area contributed by atoms with Gasteiger partial charge in [0.1, 0.15) is 6.10 Å². The van der Waals surface area contributed by atoms with E-state index < -0.39 is 6.16 Å². The molecule has 1 unspecified atom stereocenters. The van der Waals surface area contributed by atoms with Gasteiger partial charge in [0.2, 0.25) is 0 Å². The van der Waals surface area contributed by atoms with Crippen molar-refractivity contribution in [3.8, 4) is 0 Å². The van der Waals surface area contributed by atoms with E-state index in [4.69, 9.17) is 9.47 Å². The van der Waals surface area contributed by atoms with Crippen LogP contribution in [-0.2, 0) is 9.47 Å². The third kappa shape index (κ3) is 7.62. The molecule has 0 aromatic carbocycles. The molecule has 0 saturated carbocycles. The summed E-state index contributed by atoms with van der Waals surface area (Å²) in [6.07, 6.45) is 1.11. The van der Waals surface area contributed by atoms with Crippen LogP contribution in [0, 0.1) is 5.92 Å². The van der Waals surface area contributed by atoms with Gasteiger partial charge in [-0.05, 0) is 25.7 Å². The number of carbonyl (C=O) groups excluding carboxylic acids is 1. The number of rotatable bonds is 5. The van der Waals surface area contributed by atoms with Crippen LogP contribution in [0.4, 0.5) is 4.79 Å². The van der Waals surface area contributed by atoms with Gasteiger partial charge < -0.3 is 9.47 Å². The highest BCUT2D eigenvalue weighted by Crippen LogP contribution is 2.08. The summed E-state index contributed by atoms with van der Waals surface area (Å²) in [6, 6.07) is 0. The normalized spacial score (nSPS) is 12.7. The summed E-state index contributed by atoms with van der Waals surface area (Å²) >= 11 is 0. The maximum atomic E-state index is 10.9. The number of carbonyl (C=O) groups is 1. The molecule has 78 valence electrons. The fourth-order valence-corrected chi connectivity index (χ4v) is 1.10. The number of hydrogen-bond donors (Lipinski definition) is 0. The van der Waals surface area contributed by atoms with E-state index >= 15 is 0 Å². The lowest BCUT2D eigenvalue weighted by Gasteiger charge is -2.14. The third-order valence-corrected chi connectivity index (χ3v) is 1.52. The molecule has 3 heteroatoms. The molecular weight excluding hydrogens is 168 g/mol. The minimum absolute atomic E-state index is 0.0515. The Kier molecular flexibility index (Phi) is 6.37. The van der Waals surface area contributed by atoms with Crippen molar-refractivity contribution in [2.75, 3.05) is 6.61 Å². The van der Waals surface area contributed by atoms with Crippen molar-refractivity contribution in [2.45, 2.75) is 46.6 Å². The van der Waals surface area contributed by atoms with Crippen LogP contribution >= 0.6 is 0 Å². The molecule has 0 rings (SSSR count). The summed E-state index contributed by atoms with van der Waals surface area (Å²) < 4.78 is 9.78. The average Bonchev–Trinajstić information content (AvgIpc) is 1.98. The zero-order chi connectivity index (χ0) is 10.3. The zero-order valence-electron chi connectivity index (χ0n) is 9.00. The Morgan fingerprint density at radius 1 is 1.31 bits per heavy atom. The molecule has 0 heterocycles. The Morgan fingerprint density at radius 3 is 2.38 bits per heavy atom. The number of hydrogen-bond acceptors (Lipinski definition) is 3. The van der Waals surface area contributed by atoms with E-state index in [1.54, 1.807) is 0 Å². The summed E-state index contributed by atoms with van der Waals surface area (Å²) in [5, 5.41) is 0. The second-order valence-corrected chi connectivity index (χ2v) is 3.66. The second kappa shape index (κ2) is 6.75. The molecule has 0 saturated heterocycles. The molecule has 0 spiro atoms. The van der Waals surface area contributed by atoms with Crippen LogP contribution in [0.5, 0.6) is 0 Å². The molecule has 13 heavy (non-hydrogen) atoms. The monoisotopic (exact) mass is 188 g/mol. The van der Waals surface area contributed by atoms with Crippen LogP contribution < -0.4 is 0 Å². The molecule has 0 aliphatic heterocycles. The molecule has 0 aliphatic rings. The van der Waals surface area contributed by atoms with Gasteiger partial charge in [-0.15, -0.1) is 0 Å². The molecule has 3 nitrogen and oxygen atoms in total. The van der Waals surface area contributed by atoms with Crippen LogP contribution in [0.1, 0.15) is 40.5 Å². The van der Waals surface area contributed by atoms with Crippen molar-refractivity contribution in [1.82, 2.24) is 0 Å². The van der Waals surface area contributed by atoms with Crippen LogP contribution in [0.15, 0.2) is 0 Å². The van der Waals surface area contributed by atoms with E-state index in [1.807, 2.05) is 13.8 Å². The van der Waals surface area contributed by atoms with E-state index in [0.29, 0.717) is 12.5 Å². The van der Waals surface area contributed by atoms with Crippen molar-refractivity contribution < 1.29 is 14.3 Å². The molecular formula is C10H20O3. The molecule has 1 atom stereocenters. The van der Waals surface area contributed by atoms with Crippen LogP contribution in [0.3, 0.4) is 0 Å². The fourth-order valence-electron chi connectivity index (χ4n) is 1.10. The molecule has 0 radical (unpaired) electrons. The highest BCUT2D eigenvalue weighted by Gasteiger charge is 2.11. The van der Waals surface area contributed by atoms with Crippen LogP contribution in [0.2, 0.25) is 0 Å². The zero-order valence-corrected chi connectivity index (χ0v) is 9.00. The Bertz CT molecular complexity index is 143. The van der Waals surface area contributed by atoms with E-state index in [-0.39, 0.29) is 6.10 Å². The lowest BCUT2D eigenvalue weighted by atomic mass is 10.1. The van der Waals surface area contributed by atoms with Crippen molar-refractivity contribution in [2.24, 2.45) is 5.92 Å². The Hall–Kier alpha value is -0.730. The highest BCUT2D eigenvalue weighted by atomic mass is 16.7. The van der Waals surface area contributed by atoms with Gasteiger partial charge >= 0.3 is 6.16 Å². The minimum Gasteiger partial charge on any atom is -0.434 e. The predicted octanol–water partition coefficient (Wildman–Crippen LogP) is 2.98. The molecule has 0 N–H and O–H groups in total. The van der Waals surface area contributed by atoms with E-state index in [2.05, 4.69) is 13.8 Å². The predicted molar refractivity (Wildman–Crippen MR) is 51.6 cm³/mol. The molecule has 0 amide bonds. The Labute approximate surface area is 80.4 Å². The first-order valence-corrected chi connectivity index (χ1v) is 4.89. The standard InChI is InChI=1S/C10H20O3/c1-5-6-12-10(11)13-9(4)7-8(2)3/h8-9H,5-7H2,1-4H3. The van der Waals surface area contributed by atoms with Gasteiger partial charge in [0, 0.05) is 0 Å². The number of ether oxygens (including phenoxy) is 2. The van der Waals surface area contributed by atoms with Gasteiger partial charge in [-0.3, -0.25) is 0 Å². The summed E-state index contributed by atoms with van der Waals surface area (Å²) in [5.74, 6) is 0.536. The Balaban J connectivity index is 3.53. The lowest BCUT2D eigenvalue weighted by molar-refractivity contribution is 0.0233. The smallest absolute Gasteiger partial charge is 0.434 e. The molecule has 0 aromatic heterocycles. The van der Waals surface area contributed by atoms with Gasteiger partial charge in [0.25, 0.3) is 0 Å². The maximum Gasteiger partial charge on any atom is 0.508 e. The third-order valence-electron chi connectivity index (χ3n) is 1.52. The van der Waals surface area contributed by atoms with E-state index in [0.717, 1.165) is 12.8 Å². The van der Waals surface area contributed by atoms with E-state index in [1.165, 1.54) is 0 Å². The largest absolute Gasteiger partial charge is 0.508 e. The van der Waals surface area contributed by atoms with Gasteiger partial charge in [0.15, 0.2) is 0 Å². The maximum absolute atomic E-state index is 10.9. The molecule has 0 aromatic rings. The highest BCUT2D eigenvalue weighted by molar-refractivity contribution is 5.59. The molecule has 0 fully saturated rings. The van der Waals surface area contributed by atoms with Crippen molar-refractivity contribution in [3.63, 3.8) is 0 Å². The van der Waals surface area contributed by atoms with Crippen LogP contribution in [0.25, 0.3) is 0 Å². The van der Waals surface area contributed by atoms with Crippen molar-refractivity contribution in [1.29, 1.82) is 0 Å². The van der Waals surface area contributed by atoms with Gasteiger partial charge in [0.05, 0.1) is 6.61 Å². The second-order valence-electron chi connectivity index (χ2n) is 3.66. The topological polar surface area (TPSA) is 35.5 Å². The first-order valence-electron chi connectivity index (χ1n) is 4.89. The minimum atomic E-state index is -0.546. The lowest BCUT2D eigenvalue weighted by Crippen LogP contribution is -2.18. The Morgan fingerprint density at radius 2 is 1.92 bits per heavy atom. The van der Waals surface area contributed by atoms with Gasteiger partial charge in [-0.1, -0.05) is 20.8 Å². The SMILES string of the molecule is CCCOC(=O)OC(C)CC(C)C. The van der Waals surface area contributed by atoms with E-state index in [9.17, 15) is 4.79 Å². The first kappa shape index (κ1) is 12.3. The van der Waals surface area contributed by atoms with Crippen molar-refractivity contribution >= 4 is 6.16 Å². The molecule has 0 bridgehead atoms. The summed E-state index contributed by atoms with van der Waals surface area (Å²) in [6.45, 7) is 8.46. The average molecular weight is 188 g/mol.